The van der Waals surface area contributed by atoms with Crippen LogP contribution in [0.1, 0.15) is 25.8 Å². The van der Waals surface area contributed by atoms with Crippen molar-refractivity contribution in [3.05, 3.63) is 23.8 Å². The summed E-state index contributed by atoms with van der Waals surface area (Å²) in [6, 6.07) is 5.07. The largest absolute Gasteiger partial charge is 0.493 e. The summed E-state index contributed by atoms with van der Waals surface area (Å²) < 4.78 is 32.8. The molecule has 1 aromatic rings. The van der Waals surface area contributed by atoms with E-state index in [4.69, 9.17) is 4.74 Å². The smallest absolute Gasteiger partial charge is 0.243 e. The molecule has 0 atom stereocenters. The lowest BCUT2D eigenvalue weighted by atomic mass is 10.2. The maximum Gasteiger partial charge on any atom is 0.243 e. The minimum atomic E-state index is -3.54. The Bertz CT molecular complexity index is 730. The van der Waals surface area contributed by atoms with Crippen LogP contribution in [0.5, 0.6) is 5.75 Å². The lowest BCUT2D eigenvalue weighted by Crippen LogP contribution is -2.38. The Labute approximate surface area is 143 Å². The highest BCUT2D eigenvalue weighted by atomic mass is 32.2. The number of benzene rings is 1. The van der Waals surface area contributed by atoms with Gasteiger partial charge < -0.3 is 9.64 Å². The Morgan fingerprint density at radius 2 is 1.96 bits per heavy atom. The third kappa shape index (κ3) is 3.28. The van der Waals surface area contributed by atoms with Crippen LogP contribution in [0, 0.1) is 5.92 Å². The summed E-state index contributed by atoms with van der Waals surface area (Å²) >= 11 is 0. The van der Waals surface area contributed by atoms with E-state index in [0.717, 1.165) is 17.7 Å². The number of nitrogens with zero attached hydrogens (tertiary/aromatic N) is 2. The Kier molecular flexibility index (Phi) is 4.83. The molecule has 0 aromatic heterocycles. The third-order valence-electron chi connectivity index (χ3n) is 4.56. The molecule has 3 rings (SSSR count). The molecular weight excluding hydrogens is 328 g/mol. The van der Waals surface area contributed by atoms with Gasteiger partial charge in [0.15, 0.2) is 0 Å². The van der Waals surface area contributed by atoms with E-state index in [-0.39, 0.29) is 11.8 Å². The molecule has 0 spiro atoms. The van der Waals surface area contributed by atoms with Gasteiger partial charge in [-0.25, -0.2) is 8.42 Å². The molecule has 132 valence electrons. The second-order valence-electron chi connectivity index (χ2n) is 6.61. The molecular formula is C17H24N2O4S. The van der Waals surface area contributed by atoms with Crippen molar-refractivity contribution in [2.75, 3.05) is 32.8 Å². The number of amides is 1. The van der Waals surface area contributed by atoms with Crippen molar-refractivity contribution in [3.8, 4) is 5.75 Å². The highest BCUT2D eigenvalue weighted by Crippen LogP contribution is 2.29. The van der Waals surface area contributed by atoms with E-state index in [2.05, 4.69) is 0 Å². The summed E-state index contributed by atoms with van der Waals surface area (Å²) in [5.74, 6) is 0.798. The van der Waals surface area contributed by atoms with E-state index in [0.29, 0.717) is 44.1 Å². The molecule has 2 aliphatic heterocycles. The standard InChI is InChI=1S/C17H24N2O4S/c1-13(2)17(20)18-7-3-8-19(10-9-18)24(21,22)15-4-5-16-14(12-15)6-11-23-16/h4-5,12-13H,3,6-11H2,1-2H3. The van der Waals surface area contributed by atoms with Crippen molar-refractivity contribution in [2.24, 2.45) is 5.92 Å². The molecule has 1 saturated heterocycles. The summed E-state index contributed by atoms with van der Waals surface area (Å²) in [7, 11) is -3.54. The summed E-state index contributed by atoms with van der Waals surface area (Å²) in [5.41, 5.74) is 0.947. The van der Waals surface area contributed by atoms with Gasteiger partial charge in [0.2, 0.25) is 15.9 Å². The Morgan fingerprint density at radius 1 is 1.17 bits per heavy atom. The number of rotatable bonds is 3. The molecule has 0 bridgehead atoms. The van der Waals surface area contributed by atoms with Crippen LogP contribution in [0.25, 0.3) is 0 Å². The average molecular weight is 352 g/mol. The summed E-state index contributed by atoms with van der Waals surface area (Å²) in [4.78, 5) is 14.2. The molecule has 2 heterocycles. The number of hydrogen-bond acceptors (Lipinski definition) is 4. The van der Waals surface area contributed by atoms with Gasteiger partial charge in [0, 0.05) is 38.5 Å². The van der Waals surface area contributed by atoms with Crippen LogP contribution >= 0.6 is 0 Å². The highest BCUT2D eigenvalue weighted by Gasteiger charge is 2.29. The van der Waals surface area contributed by atoms with Crippen molar-refractivity contribution in [2.45, 2.75) is 31.6 Å². The quantitative estimate of drug-likeness (QED) is 0.827. The number of fused-ring (bicyclic) bond motifs is 1. The molecule has 24 heavy (non-hydrogen) atoms. The predicted molar refractivity (Wildman–Crippen MR) is 90.4 cm³/mol. The number of carbonyl (C=O) groups is 1. The SMILES string of the molecule is CC(C)C(=O)N1CCCN(S(=O)(=O)c2ccc3c(c2)CCO3)CC1. The van der Waals surface area contributed by atoms with Crippen LogP contribution in [-0.2, 0) is 21.2 Å². The molecule has 1 amide bonds. The molecule has 0 N–H and O–H groups in total. The van der Waals surface area contributed by atoms with Gasteiger partial charge in [-0.15, -0.1) is 0 Å². The minimum absolute atomic E-state index is 0.0649. The van der Waals surface area contributed by atoms with E-state index in [9.17, 15) is 13.2 Å². The zero-order chi connectivity index (χ0) is 17.3. The van der Waals surface area contributed by atoms with Crippen molar-refractivity contribution < 1.29 is 17.9 Å². The summed E-state index contributed by atoms with van der Waals surface area (Å²) in [5, 5.41) is 0. The first-order valence-electron chi connectivity index (χ1n) is 8.44. The average Bonchev–Trinajstić information content (AvgIpc) is 2.88. The lowest BCUT2D eigenvalue weighted by Gasteiger charge is -2.23. The van der Waals surface area contributed by atoms with Gasteiger partial charge in [-0.2, -0.15) is 4.31 Å². The molecule has 0 radical (unpaired) electrons. The number of sulfonamides is 1. The molecule has 1 fully saturated rings. The fraction of sp³-hybridized carbons (Fsp3) is 0.588. The molecule has 6 nitrogen and oxygen atoms in total. The van der Waals surface area contributed by atoms with Gasteiger partial charge in [0.05, 0.1) is 11.5 Å². The molecule has 0 aliphatic carbocycles. The first-order valence-corrected chi connectivity index (χ1v) is 9.88. The van der Waals surface area contributed by atoms with E-state index in [1.165, 1.54) is 4.31 Å². The van der Waals surface area contributed by atoms with E-state index in [1.54, 1.807) is 23.1 Å². The Morgan fingerprint density at radius 3 is 2.71 bits per heavy atom. The van der Waals surface area contributed by atoms with Crippen LogP contribution in [-0.4, -0.2) is 56.3 Å². The molecule has 7 heteroatoms. The predicted octanol–water partition coefficient (Wildman–Crippen LogP) is 1.50. The summed E-state index contributed by atoms with van der Waals surface area (Å²) in [6.07, 6.45) is 1.40. The Hall–Kier alpha value is -1.60. The fourth-order valence-electron chi connectivity index (χ4n) is 3.19. The highest BCUT2D eigenvalue weighted by molar-refractivity contribution is 7.89. The first kappa shape index (κ1) is 17.2. The lowest BCUT2D eigenvalue weighted by molar-refractivity contribution is -0.134. The summed E-state index contributed by atoms with van der Waals surface area (Å²) in [6.45, 7) is 6.19. The van der Waals surface area contributed by atoms with Crippen molar-refractivity contribution >= 4 is 15.9 Å². The first-order chi connectivity index (χ1) is 11.4. The number of ether oxygens (including phenoxy) is 1. The van der Waals surface area contributed by atoms with Crippen LogP contribution in [0.3, 0.4) is 0 Å². The minimum Gasteiger partial charge on any atom is -0.493 e. The van der Waals surface area contributed by atoms with Gasteiger partial charge in [-0.05, 0) is 30.2 Å². The maximum absolute atomic E-state index is 12.9. The molecule has 0 unspecified atom stereocenters. The molecule has 1 aromatic carbocycles. The van der Waals surface area contributed by atoms with Crippen LogP contribution in [0.15, 0.2) is 23.1 Å². The molecule has 2 aliphatic rings. The van der Waals surface area contributed by atoms with E-state index < -0.39 is 10.0 Å². The maximum atomic E-state index is 12.9. The fourth-order valence-corrected chi connectivity index (χ4v) is 4.71. The zero-order valence-corrected chi connectivity index (χ0v) is 15.0. The molecule has 0 saturated carbocycles. The van der Waals surface area contributed by atoms with Crippen molar-refractivity contribution in [1.29, 1.82) is 0 Å². The van der Waals surface area contributed by atoms with Gasteiger partial charge >= 0.3 is 0 Å². The van der Waals surface area contributed by atoms with Gasteiger partial charge in [0.25, 0.3) is 0 Å². The van der Waals surface area contributed by atoms with Crippen molar-refractivity contribution in [3.63, 3.8) is 0 Å². The van der Waals surface area contributed by atoms with Crippen LogP contribution in [0.2, 0.25) is 0 Å². The second-order valence-corrected chi connectivity index (χ2v) is 8.54. The number of carbonyl (C=O) groups excluding carboxylic acids is 1. The monoisotopic (exact) mass is 352 g/mol. The second kappa shape index (κ2) is 6.72. The van der Waals surface area contributed by atoms with Gasteiger partial charge in [-0.1, -0.05) is 13.8 Å². The number of hydrogen-bond donors (Lipinski definition) is 0. The van der Waals surface area contributed by atoms with Crippen molar-refractivity contribution in [1.82, 2.24) is 9.21 Å². The van der Waals surface area contributed by atoms with E-state index >= 15 is 0 Å². The van der Waals surface area contributed by atoms with Gasteiger partial charge in [0.1, 0.15) is 5.75 Å². The third-order valence-corrected chi connectivity index (χ3v) is 6.45. The van der Waals surface area contributed by atoms with Crippen LogP contribution < -0.4 is 4.74 Å². The van der Waals surface area contributed by atoms with E-state index in [1.807, 2.05) is 13.8 Å². The Balaban J connectivity index is 1.77. The van der Waals surface area contributed by atoms with Gasteiger partial charge in [-0.3, -0.25) is 4.79 Å². The zero-order valence-electron chi connectivity index (χ0n) is 14.2. The topological polar surface area (TPSA) is 66.9 Å². The van der Waals surface area contributed by atoms with Crippen LogP contribution in [0.4, 0.5) is 0 Å². The normalized spacial score (nSPS) is 19.0.